The SMILES string of the molecule is NC1(C(=O)O)CC(c2ccc(C(F)(F)F)cc2)C1. The first-order valence-corrected chi connectivity index (χ1v) is 5.42. The summed E-state index contributed by atoms with van der Waals surface area (Å²) in [6.45, 7) is 0. The Hall–Kier alpha value is -1.56. The smallest absolute Gasteiger partial charge is 0.416 e. The first kappa shape index (κ1) is 12.9. The second-order valence-electron chi connectivity index (χ2n) is 4.69. The highest BCUT2D eigenvalue weighted by Crippen LogP contribution is 2.43. The molecule has 0 amide bonds. The highest BCUT2D eigenvalue weighted by molar-refractivity contribution is 5.80. The van der Waals surface area contributed by atoms with Crippen molar-refractivity contribution in [2.45, 2.75) is 30.5 Å². The molecule has 3 N–H and O–H groups in total. The number of hydrogen-bond donors (Lipinski definition) is 2. The second kappa shape index (κ2) is 3.98. The number of benzene rings is 1. The van der Waals surface area contributed by atoms with Crippen LogP contribution in [0, 0.1) is 0 Å². The first-order valence-electron chi connectivity index (χ1n) is 5.42. The Bertz CT molecular complexity index is 461. The van der Waals surface area contributed by atoms with E-state index in [0.29, 0.717) is 5.56 Å². The average molecular weight is 259 g/mol. The lowest BCUT2D eigenvalue weighted by Gasteiger charge is -2.41. The highest BCUT2D eigenvalue weighted by atomic mass is 19.4. The van der Waals surface area contributed by atoms with Crippen LogP contribution in [0.5, 0.6) is 0 Å². The van der Waals surface area contributed by atoms with E-state index in [-0.39, 0.29) is 18.8 Å². The zero-order valence-corrected chi connectivity index (χ0v) is 9.37. The lowest BCUT2D eigenvalue weighted by atomic mass is 9.66. The summed E-state index contributed by atoms with van der Waals surface area (Å²) in [6.07, 6.45) is -3.84. The molecule has 0 heterocycles. The van der Waals surface area contributed by atoms with E-state index in [1.807, 2.05) is 0 Å². The molecule has 0 saturated heterocycles. The van der Waals surface area contributed by atoms with E-state index in [1.54, 1.807) is 0 Å². The zero-order valence-electron chi connectivity index (χ0n) is 9.37. The van der Waals surface area contributed by atoms with Gasteiger partial charge in [-0.15, -0.1) is 0 Å². The summed E-state index contributed by atoms with van der Waals surface area (Å²) in [5.74, 6) is -1.14. The van der Waals surface area contributed by atoms with Crippen molar-refractivity contribution in [3.05, 3.63) is 35.4 Å². The molecule has 0 aliphatic heterocycles. The van der Waals surface area contributed by atoms with Gasteiger partial charge in [0.25, 0.3) is 0 Å². The quantitative estimate of drug-likeness (QED) is 0.857. The van der Waals surface area contributed by atoms with Crippen LogP contribution >= 0.6 is 0 Å². The van der Waals surface area contributed by atoms with Gasteiger partial charge in [-0.1, -0.05) is 12.1 Å². The summed E-state index contributed by atoms with van der Waals surface area (Å²) < 4.78 is 37.0. The molecule has 0 radical (unpaired) electrons. The summed E-state index contributed by atoms with van der Waals surface area (Å²) in [5.41, 5.74) is 4.36. The Balaban J connectivity index is 2.08. The van der Waals surface area contributed by atoms with Crippen molar-refractivity contribution in [2.24, 2.45) is 5.73 Å². The Morgan fingerprint density at radius 2 is 1.78 bits per heavy atom. The standard InChI is InChI=1S/C12H12F3NO2/c13-12(14,15)9-3-1-7(2-4-9)8-5-11(16,6-8)10(17)18/h1-4,8H,5-6,16H2,(H,17,18). The van der Waals surface area contributed by atoms with Gasteiger partial charge < -0.3 is 10.8 Å². The number of alkyl halides is 3. The van der Waals surface area contributed by atoms with E-state index in [4.69, 9.17) is 10.8 Å². The van der Waals surface area contributed by atoms with Crippen LogP contribution in [0.3, 0.4) is 0 Å². The minimum Gasteiger partial charge on any atom is -0.480 e. The minimum absolute atomic E-state index is 0.0756. The summed E-state index contributed by atoms with van der Waals surface area (Å²) in [6, 6.07) is 4.78. The van der Waals surface area contributed by atoms with Gasteiger partial charge in [0.05, 0.1) is 5.56 Å². The largest absolute Gasteiger partial charge is 0.480 e. The maximum Gasteiger partial charge on any atom is 0.416 e. The van der Waals surface area contributed by atoms with Gasteiger partial charge >= 0.3 is 12.1 Å². The van der Waals surface area contributed by atoms with Crippen molar-refractivity contribution in [1.29, 1.82) is 0 Å². The third kappa shape index (κ3) is 2.20. The molecule has 0 spiro atoms. The average Bonchev–Trinajstić information content (AvgIpc) is 2.23. The van der Waals surface area contributed by atoms with Crippen molar-refractivity contribution >= 4 is 5.97 Å². The molecule has 6 heteroatoms. The zero-order chi connectivity index (χ0) is 13.6. The predicted molar refractivity (Wildman–Crippen MR) is 58.0 cm³/mol. The molecule has 1 fully saturated rings. The number of nitrogens with two attached hydrogens (primary N) is 1. The van der Waals surface area contributed by atoms with Crippen LogP contribution in [0.2, 0.25) is 0 Å². The molecular formula is C12H12F3NO2. The van der Waals surface area contributed by atoms with Gasteiger partial charge in [0.15, 0.2) is 0 Å². The Morgan fingerprint density at radius 3 is 2.17 bits per heavy atom. The maximum atomic E-state index is 12.3. The van der Waals surface area contributed by atoms with Crippen LogP contribution in [-0.4, -0.2) is 16.6 Å². The molecule has 98 valence electrons. The van der Waals surface area contributed by atoms with E-state index in [1.165, 1.54) is 12.1 Å². The normalized spacial score (nSPS) is 27.7. The van der Waals surface area contributed by atoms with Gasteiger partial charge in [0, 0.05) is 0 Å². The van der Waals surface area contributed by atoms with Gasteiger partial charge in [-0.05, 0) is 36.5 Å². The summed E-state index contributed by atoms with van der Waals surface area (Å²) in [7, 11) is 0. The number of carboxylic acid groups (broad SMARTS) is 1. The van der Waals surface area contributed by atoms with Crippen LogP contribution in [0.15, 0.2) is 24.3 Å². The summed E-state index contributed by atoms with van der Waals surface area (Å²) in [5, 5.41) is 8.83. The number of hydrogen-bond acceptors (Lipinski definition) is 2. The van der Waals surface area contributed by atoms with Gasteiger partial charge in [-0.3, -0.25) is 4.79 Å². The van der Waals surface area contributed by atoms with Gasteiger partial charge in [-0.2, -0.15) is 13.2 Å². The monoisotopic (exact) mass is 259 g/mol. The number of halogens is 3. The molecule has 1 aliphatic rings. The van der Waals surface area contributed by atoms with Crippen molar-refractivity contribution in [3.63, 3.8) is 0 Å². The highest BCUT2D eigenvalue weighted by Gasteiger charge is 2.47. The van der Waals surface area contributed by atoms with Gasteiger partial charge in [0.1, 0.15) is 5.54 Å². The van der Waals surface area contributed by atoms with E-state index in [0.717, 1.165) is 12.1 Å². The molecule has 3 nitrogen and oxygen atoms in total. The minimum atomic E-state index is -4.35. The van der Waals surface area contributed by atoms with Crippen molar-refractivity contribution in [3.8, 4) is 0 Å². The fourth-order valence-electron chi connectivity index (χ4n) is 2.17. The lowest BCUT2D eigenvalue weighted by Crippen LogP contribution is -2.56. The van der Waals surface area contributed by atoms with Gasteiger partial charge in [0.2, 0.25) is 0 Å². The van der Waals surface area contributed by atoms with E-state index >= 15 is 0 Å². The fourth-order valence-corrected chi connectivity index (χ4v) is 2.17. The molecule has 0 atom stereocenters. The van der Waals surface area contributed by atoms with Crippen LogP contribution in [0.4, 0.5) is 13.2 Å². The lowest BCUT2D eigenvalue weighted by molar-refractivity contribution is -0.147. The first-order chi connectivity index (χ1) is 8.22. The molecule has 1 aromatic rings. The van der Waals surface area contributed by atoms with Crippen LogP contribution in [-0.2, 0) is 11.0 Å². The van der Waals surface area contributed by atoms with E-state index in [2.05, 4.69) is 0 Å². The number of carbonyl (C=O) groups is 1. The molecule has 18 heavy (non-hydrogen) atoms. The number of carboxylic acids is 1. The molecule has 0 aromatic heterocycles. The van der Waals surface area contributed by atoms with Crippen molar-refractivity contribution in [2.75, 3.05) is 0 Å². The summed E-state index contributed by atoms with van der Waals surface area (Å²) in [4.78, 5) is 10.8. The van der Waals surface area contributed by atoms with E-state index < -0.39 is 23.2 Å². The Morgan fingerprint density at radius 1 is 1.28 bits per heavy atom. The molecule has 1 saturated carbocycles. The van der Waals surface area contributed by atoms with Crippen molar-refractivity contribution < 1.29 is 23.1 Å². The van der Waals surface area contributed by atoms with Crippen molar-refractivity contribution in [1.82, 2.24) is 0 Å². The molecular weight excluding hydrogens is 247 g/mol. The third-order valence-electron chi connectivity index (χ3n) is 3.36. The van der Waals surface area contributed by atoms with E-state index in [9.17, 15) is 18.0 Å². The Labute approximate surface area is 101 Å². The number of rotatable bonds is 2. The van der Waals surface area contributed by atoms with Crippen LogP contribution in [0.25, 0.3) is 0 Å². The second-order valence-corrected chi connectivity index (χ2v) is 4.69. The summed E-state index contributed by atoms with van der Waals surface area (Å²) >= 11 is 0. The topological polar surface area (TPSA) is 63.3 Å². The number of aliphatic carboxylic acids is 1. The molecule has 1 aromatic carbocycles. The third-order valence-corrected chi connectivity index (χ3v) is 3.36. The predicted octanol–water partition coefficient (Wildman–Crippen LogP) is 2.36. The fraction of sp³-hybridized carbons (Fsp3) is 0.417. The van der Waals surface area contributed by atoms with Gasteiger partial charge in [-0.25, -0.2) is 0 Å². The molecule has 0 bridgehead atoms. The van der Waals surface area contributed by atoms with Crippen LogP contribution < -0.4 is 5.73 Å². The molecule has 1 aliphatic carbocycles. The Kier molecular flexibility index (Phi) is 2.85. The molecule has 0 unspecified atom stereocenters. The molecule has 2 rings (SSSR count). The van der Waals surface area contributed by atoms with Crippen LogP contribution in [0.1, 0.15) is 29.9 Å². The maximum absolute atomic E-state index is 12.3.